The fourth-order valence-corrected chi connectivity index (χ4v) is 2.65. The largest absolute Gasteiger partial charge is 0.473 e. The summed E-state index contributed by atoms with van der Waals surface area (Å²) < 4.78 is 5.73. The van der Waals surface area contributed by atoms with Crippen molar-refractivity contribution in [3.63, 3.8) is 0 Å². The van der Waals surface area contributed by atoms with Crippen molar-refractivity contribution in [2.45, 2.75) is 32.0 Å². The molecule has 0 radical (unpaired) electrons. The van der Waals surface area contributed by atoms with Crippen LogP contribution in [0.25, 0.3) is 0 Å². The molecule has 2 heterocycles. The summed E-state index contributed by atoms with van der Waals surface area (Å²) in [6, 6.07) is 11.8. The molecule has 1 atom stereocenters. The van der Waals surface area contributed by atoms with Crippen LogP contribution in [0.4, 0.5) is 5.82 Å². The van der Waals surface area contributed by atoms with Gasteiger partial charge in [0, 0.05) is 19.2 Å². The molecule has 1 saturated heterocycles. The van der Waals surface area contributed by atoms with E-state index in [0.717, 1.165) is 30.8 Å². The number of aromatic nitrogens is 2. The molecule has 2 aromatic rings. The summed E-state index contributed by atoms with van der Waals surface area (Å²) in [5, 5.41) is 10.3. The van der Waals surface area contributed by atoms with E-state index in [-0.39, 0.29) is 0 Å². The molecule has 116 valence electrons. The van der Waals surface area contributed by atoms with Crippen molar-refractivity contribution >= 4 is 5.82 Å². The molecule has 0 bridgehead atoms. The zero-order valence-corrected chi connectivity index (χ0v) is 12.8. The van der Waals surface area contributed by atoms with Crippen molar-refractivity contribution in [3.05, 3.63) is 48.3 Å². The summed E-state index contributed by atoms with van der Waals surface area (Å²) in [7, 11) is 0. The number of nitrogens with zero attached hydrogens (tertiary/aromatic N) is 3. The molecule has 5 heteroatoms. The molecule has 1 aromatic carbocycles. The molecule has 0 amide bonds. The van der Waals surface area contributed by atoms with E-state index in [9.17, 15) is 5.11 Å². The van der Waals surface area contributed by atoms with E-state index in [1.165, 1.54) is 6.33 Å². The summed E-state index contributed by atoms with van der Waals surface area (Å²) >= 11 is 0. The molecule has 0 aliphatic carbocycles. The van der Waals surface area contributed by atoms with E-state index in [0.29, 0.717) is 19.0 Å². The highest BCUT2D eigenvalue weighted by atomic mass is 16.5. The molecule has 1 aliphatic rings. The first-order chi connectivity index (χ1) is 10.7. The van der Waals surface area contributed by atoms with Crippen molar-refractivity contribution in [2.24, 2.45) is 0 Å². The summed E-state index contributed by atoms with van der Waals surface area (Å²) in [6.07, 6.45) is 3.04. The van der Waals surface area contributed by atoms with Gasteiger partial charge in [0.15, 0.2) is 0 Å². The first kappa shape index (κ1) is 14.8. The lowest BCUT2D eigenvalue weighted by Crippen LogP contribution is -2.32. The second kappa shape index (κ2) is 6.32. The Labute approximate surface area is 130 Å². The molecule has 1 unspecified atom stereocenters. The first-order valence-corrected chi connectivity index (χ1v) is 7.65. The van der Waals surface area contributed by atoms with Gasteiger partial charge in [-0.05, 0) is 18.4 Å². The predicted molar refractivity (Wildman–Crippen MR) is 84.9 cm³/mol. The van der Waals surface area contributed by atoms with Gasteiger partial charge >= 0.3 is 0 Å². The summed E-state index contributed by atoms with van der Waals surface area (Å²) in [6.45, 7) is 3.91. The normalized spacial score (nSPS) is 21.1. The number of anilines is 1. The number of ether oxygens (including phenoxy) is 1. The first-order valence-electron chi connectivity index (χ1n) is 7.65. The molecule has 1 aliphatic heterocycles. The number of rotatable bonds is 5. The van der Waals surface area contributed by atoms with Gasteiger partial charge in [-0.3, -0.25) is 0 Å². The average molecular weight is 299 g/mol. The standard InChI is InChI=1S/C17H21N3O2/c1-2-17(21)8-9-20(12-17)15-10-16(19-13-18-15)22-11-14-6-4-3-5-7-14/h3-7,10,13,21H,2,8-9,11-12H2,1H3. The smallest absolute Gasteiger partial charge is 0.218 e. The molecule has 1 fully saturated rings. The highest BCUT2D eigenvalue weighted by molar-refractivity contribution is 5.42. The van der Waals surface area contributed by atoms with Crippen molar-refractivity contribution < 1.29 is 9.84 Å². The number of hydrogen-bond donors (Lipinski definition) is 1. The Balaban J connectivity index is 1.66. The Hall–Kier alpha value is -2.14. The van der Waals surface area contributed by atoms with E-state index >= 15 is 0 Å². The molecular formula is C17H21N3O2. The van der Waals surface area contributed by atoms with Crippen molar-refractivity contribution in [2.75, 3.05) is 18.0 Å². The molecule has 22 heavy (non-hydrogen) atoms. The van der Waals surface area contributed by atoms with Crippen LogP contribution in [0, 0.1) is 0 Å². The maximum absolute atomic E-state index is 10.3. The number of aliphatic hydroxyl groups is 1. The van der Waals surface area contributed by atoms with Crippen LogP contribution in [0.15, 0.2) is 42.7 Å². The topological polar surface area (TPSA) is 58.5 Å². The van der Waals surface area contributed by atoms with E-state index in [2.05, 4.69) is 14.9 Å². The minimum Gasteiger partial charge on any atom is -0.473 e. The van der Waals surface area contributed by atoms with Gasteiger partial charge in [0.25, 0.3) is 0 Å². The Morgan fingerprint density at radius 2 is 2.09 bits per heavy atom. The average Bonchev–Trinajstić information content (AvgIpc) is 2.97. The lowest BCUT2D eigenvalue weighted by Gasteiger charge is -2.22. The summed E-state index contributed by atoms with van der Waals surface area (Å²) in [5.74, 6) is 1.36. The molecule has 1 aromatic heterocycles. The van der Waals surface area contributed by atoms with Gasteiger partial charge in [-0.1, -0.05) is 37.3 Å². The number of hydrogen-bond acceptors (Lipinski definition) is 5. The fraction of sp³-hybridized carbons (Fsp3) is 0.412. The minimum absolute atomic E-state index is 0.482. The molecular weight excluding hydrogens is 278 g/mol. The van der Waals surface area contributed by atoms with Crippen molar-refractivity contribution in [1.82, 2.24) is 9.97 Å². The van der Waals surface area contributed by atoms with E-state index in [1.807, 2.05) is 43.3 Å². The molecule has 3 rings (SSSR count). The van der Waals surface area contributed by atoms with E-state index in [1.54, 1.807) is 0 Å². The van der Waals surface area contributed by atoms with Crippen LogP contribution < -0.4 is 9.64 Å². The highest BCUT2D eigenvalue weighted by Crippen LogP contribution is 2.28. The van der Waals surface area contributed by atoms with Gasteiger partial charge in [-0.25, -0.2) is 9.97 Å². The SMILES string of the molecule is CCC1(O)CCN(c2cc(OCc3ccccc3)ncn2)C1. The van der Waals surface area contributed by atoms with Crippen LogP contribution in [-0.2, 0) is 6.61 Å². The van der Waals surface area contributed by atoms with Crippen LogP contribution in [-0.4, -0.2) is 33.8 Å². The van der Waals surface area contributed by atoms with Crippen LogP contribution in [0.3, 0.4) is 0 Å². The Morgan fingerprint density at radius 3 is 2.82 bits per heavy atom. The maximum Gasteiger partial charge on any atom is 0.218 e. The van der Waals surface area contributed by atoms with E-state index < -0.39 is 5.60 Å². The van der Waals surface area contributed by atoms with Gasteiger partial charge in [-0.15, -0.1) is 0 Å². The Bertz CT molecular complexity index is 620. The van der Waals surface area contributed by atoms with E-state index in [4.69, 9.17) is 4.74 Å². The Kier molecular flexibility index (Phi) is 4.24. The quantitative estimate of drug-likeness (QED) is 0.918. The molecule has 1 N–H and O–H groups in total. The third-order valence-electron chi connectivity index (χ3n) is 4.17. The second-order valence-electron chi connectivity index (χ2n) is 5.74. The summed E-state index contributed by atoms with van der Waals surface area (Å²) in [4.78, 5) is 10.5. The molecule has 5 nitrogen and oxygen atoms in total. The highest BCUT2D eigenvalue weighted by Gasteiger charge is 2.34. The zero-order valence-electron chi connectivity index (χ0n) is 12.8. The van der Waals surface area contributed by atoms with Crippen LogP contribution in [0.5, 0.6) is 5.88 Å². The van der Waals surface area contributed by atoms with Crippen LogP contribution in [0.2, 0.25) is 0 Å². The third-order valence-corrected chi connectivity index (χ3v) is 4.17. The van der Waals surface area contributed by atoms with Gasteiger partial charge in [0.05, 0.1) is 5.60 Å². The summed E-state index contributed by atoms with van der Waals surface area (Å²) in [5.41, 5.74) is 0.500. The second-order valence-corrected chi connectivity index (χ2v) is 5.74. The monoisotopic (exact) mass is 299 g/mol. The third kappa shape index (κ3) is 3.36. The van der Waals surface area contributed by atoms with Crippen molar-refractivity contribution in [3.8, 4) is 5.88 Å². The lowest BCUT2D eigenvalue weighted by atomic mass is 10.0. The number of benzene rings is 1. The Morgan fingerprint density at radius 1 is 1.27 bits per heavy atom. The van der Waals surface area contributed by atoms with Gasteiger partial charge in [-0.2, -0.15) is 0 Å². The van der Waals surface area contributed by atoms with Gasteiger partial charge in [0.2, 0.25) is 5.88 Å². The van der Waals surface area contributed by atoms with Gasteiger partial charge < -0.3 is 14.7 Å². The molecule has 0 spiro atoms. The lowest BCUT2D eigenvalue weighted by molar-refractivity contribution is 0.0593. The number of β-amino-alcohol motifs (C(OH)–C–C–N with tert-alkyl or cyclic N) is 1. The maximum atomic E-state index is 10.3. The van der Waals surface area contributed by atoms with Crippen LogP contribution in [0.1, 0.15) is 25.3 Å². The van der Waals surface area contributed by atoms with Crippen LogP contribution >= 0.6 is 0 Å². The minimum atomic E-state index is -0.601. The van der Waals surface area contributed by atoms with Gasteiger partial charge in [0.1, 0.15) is 18.8 Å². The fourth-order valence-electron chi connectivity index (χ4n) is 2.65. The predicted octanol–water partition coefficient (Wildman–Crippen LogP) is 2.41. The zero-order chi connectivity index (χ0) is 15.4. The molecule has 0 saturated carbocycles. The van der Waals surface area contributed by atoms with Crippen molar-refractivity contribution in [1.29, 1.82) is 0 Å².